The van der Waals surface area contributed by atoms with E-state index in [-0.39, 0.29) is 5.82 Å². The Bertz CT molecular complexity index is 385. The molecule has 0 amide bonds. The summed E-state index contributed by atoms with van der Waals surface area (Å²) in [4.78, 5) is 0. The first kappa shape index (κ1) is 13.5. The molecule has 1 atom stereocenters. The minimum absolute atomic E-state index is 0.130. The molecule has 0 aromatic heterocycles. The van der Waals surface area contributed by atoms with Crippen molar-refractivity contribution in [2.45, 2.75) is 52.0 Å². The SMILES string of the molecule is CCCNC(CC1CCC1)c1ccc(F)cc1C. The molecule has 100 valence electrons. The van der Waals surface area contributed by atoms with Crippen molar-refractivity contribution in [3.63, 3.8) is 0 Å². The molecule has 1 aliphatic rings. The quantitative estimate of drug-likeness (QED) is 0.789. The first-order chi connectivity index (χ1) is 8.70. The van der Waals surface area contributed by atoms with Crippen molar-refractivity contribution in [3.8, 4) is 0 Å². The van der Waals surface area contributed by atoms with E-state index in [0.717, 1.165) is 24.4 Å². The fourth-order valence-corrected chi connectivity index (χ4v) is 2.73. The van der Waals surface area contributed by atoms with Crippen LogP contribution in [0.5, 0.6) is 0 Å². The van der Waals surface area contributed by atoms with Crippen LogP contribution in [0.1, 0.15) is 56.2 Å². The maximum atomic E-state index is 13.2. The highest BCUT2D eigenvalue weighted by molar-refractivity contribution is 5.29. The van der Waals surface area contributed by atoms with Gasteiger partial charge in [0.15, 0.2) is 0 Å². The fraction of sp³-hybridized carbons (Fsp3) is 0.625. The Morgan fingerprint density at radius 3 is 2.72 bits per heavy atom. The van der Waals surface area contributed by atoms with Gasteiger partial charge in [-0.3, -0.25) is 0 Å². The van der Waals surface area contributed by atoms with Crippen LogP contribution in [0, 0.1) is 18.7 Å². The molecule has 1 unspecified atom stereocenters. The molecule has 0 bridgehead atoms. The van der Waals surface area contributed by atoms with E-state index >= 15 is 0 Å². The summed E-state index contributed by atoms with van der Waals surface area (Å²) >= 11 is 0. The minimum Gasteiger partial charge on any atom is -0.310 e. The van der Waals surface area contributed by atoms with E-state index in [9.17, 15) is 4.39 Å². The lowest BCUT2D eigenvalue weighted by Crippen LogP contribution is -2.27. The largest absolute Gasteiger partial charge is 0.310 e. The lowest BCUT2D eigenvalue weighted by atomic mass is 9.79. The van der Waals surface area contributed by atoms with Gasteiger partial charge in [-0.25, -0.2) is 4.39 Å². The van der Waals surface area contributed by atoms with Gasteiger partial charge in [-0.1, -0.05) is 32.3 Å². The number of nitrogens with one attached hydrogen (secondary N) is 1. The Morgan fingerprint density at radius 2 is 2.17 bits per heavy atom. The summed E-state index contributed by atoms with van der Waals surface area (Å²) in [6.07, 6.45) is 6.45. The summed E-state index contributed by atoms with van der Waals surface area (Å²) in [6.45, 7) is 5.24. The summed E-state index contributed by atoms with van der Waals surface area (Å²) in [5, 5.41) is 3.62. The van der Waals surface area contributed by atoms with Crippen molar-refractivity contribution in [3.05, 3.63) is 35.1 Å². The molecule has 0 aliphatic heterocycles. The third-order valence-corrected chi connectivity index (χ3v) is 4.04. The van der Waals surface area contributed by atoms with Crippen molar-refractivity contribution >= 4 is 0 Å². The van der Waals surface area contributed by atoms with Crippen molar-refractivity contribution in [1.82, 2.24) is 5.32 Å². The van der Waals surface area contributed by atoms with Crippen LogP contribution >= 0.6 is 0 Å². The zero-order chi connectivity index (χ0) is 13.0. The molecule has 1 aromatic carbocycles. The van der Waals surface area contributed by atoms with Gasteiger partial charge in [0.05, 0.1) is 0 Å². The molecular formula is C16H24FN. The number of benzene rings is 1. The molecule has 0 saturated heterocycles. The molecule has 1 saturated carbocycles. The molecular weight excluding hydrogens is 225 g/mol. The van der Waals surface area contributed by atoms with Gasteiger partial charge in [0.25, 0.3) is 0 Å². The minimum atomic E-state index is -0.130. The van der Waals surface area contributed by atoms with E-state index in [1.807, 2.05) is 13.0 Å². The predicted octanol–water partition coefficient (Wildman–Crippen LogP) is 4.37. The van der Waals surface area contributed by atoms with Gasteiger partial charge < -0.3 is 5.32 Å². The third kappa shape index (κ3) is 3.32. The van der Waals surface area contributed by atoms with E-state index in [4.69, 9.17) is 0 Å². The summed E-state index contributed by atoms with van der Waals surface area (Å²) < 4.78 is 13.2. The van der Waals surface area contributed by atoms with Gasteiger partial charge in [0.2, 0.25) is 0 Å². The Hall–Kier alpha value is -0.890. The van der Waals surface area contributed by atoms with Crippen molar-refractivity contribution in [1.29, 1.82) is 0 Å². The van der Waals surface area contributed by atoms with E-state index in [2.05, 4.69) is 12.2 Å². The zero-order valence-corrected chi connectivity index (χ0v) is 11.5. The molecule has 0 heterocycles. The first-order valence-corrected chi connectivity index (χ1v) is 7.20. The second-order valence-corrected chi connectivity index (χ2v) is 5.54. The highest BCUT2D eigenvalue weighted by Crippen LogP contribution is 2.35. The van der Waals surface area contributed by atoms with E-state index in [1.54, 1.807) is 12.1 Å². The lowest BCUT2D eigenvalue weighted by Gasteiger charge is -2.31. The van der Waals surface area contributed by atoms with Crippen LogP contribution < -0.4 is 5.32 Å². The van der Waals surface area contributed by atoms with Crippen LogP contribution in [0.25, 0.3) is 0 Å². The number of hydrogen-bond donors (Lipinski definition) is 1. The molecule has 1 fully saturated rings. The van der Waals surface area contributed by atoms with Crippen LogP contribution in [-0.4, -0.2) is 6.54 Å². The Kier molecular flexibility index (Phi) is 4.76. The molecule has 0 spiro atoms. The second-order valence-electron chi connectivity index (χ2n) is 5.54. The molecule has 0 radical (unpaired) electrons. The summed E-state index contributed by atoms with van der Waals surface area (Å²) in [6, 6.07) is 5.59. The Balaban J connectivity index is 2.09. The normalized spacial score (nSPS) is 17.5. The molecule has 1 aliphatic carbocycles. The summed E-state index contributed by atoms with van der Waals surface area (Å²) in [5.74, 6) is 0.734. The van der Waals surface area contributed by atoms with Gasteiger partial charge in [-0.15, -0.1) is 0 Å². The summed E-state index contributed by atoms with van der Waals surface area (Å²) in [5.41, 5.74) is 2.35. The molecule has 2 rings (SSSR count). The van der Waals surface area contributed by atoms with E-state index < -0.39 is 0 Å². The Morgan fingerprint density at radius 1 is 1.39 bits per heavy atom. The third-order valence-electron chi connectivity index (χ3n) is 4.04. The van der Waals surface area contributed by atoms with E-state index in [1.165, 1.54) is 31.2 Å². The maximum absolute atomic E-state index is 13.2. The number of hydrogen-bond acceptors (Lipinski definition) is 1. The average molecular weight is 249 g/mol. The highest BCUT2D eigenvalue weighted by Gasteiger charge is 2.23. The Labute approximate surface area is 110 Å². The number of rotatable bonds is 6. The van der Waals surface area contributed by atoms with Gasteiger partial charge in [0.1, 0.15) is 5.82 Å². The van der Waals surface area contributed by atoms with Crippen LogP contribution in [0.4, 0.5) is 4.39 Å². The van der Waals surface area contributed by atoms with Crippen LogP contribution in [0.2, 0.25) is 0 Å². The monoisotopic (exact) mass is 249 g/mol. The van der Waals surface area contributed by atoms with E-state index in [0.29, 0.717) is 6.04 Å². The molecule has 1 aromatic rings. The molecule has 18 heavy (non-hydrogen) atoms. The smallest absolute Gasteiger partial charge is 0.123 e. The van der Waals surface area contributed by atoms with Crippen molar-refractivity contribution in [2.24, 2.45) is 5.92 Å². The lowest BCUT2D eigenvalue weighted by molar-refractivity contribution is 0.261. The van der Waals surface area contributed by atoms with Gasteiger partial charge >= 0.3 is 0 Å². The highest BCUT2D eigenvalue weighted by atomic mass is 19.1. The number of halogens is 1. The standard InChI is InChI=1S/C16H24FN/c1-3-9-18-16(11-13-5-4-6-13)15-8-7-14(17)10-12(15)2/h7-8,10,13,16,18H,3-6,9,11H2,1-2H3. The molecule has 1 N–H and O–H groups in total. The van der Waals surface area contributed by atoms with Crippen LogP contribution in [-0.2, 0) is 0 Å². The number of aryl methyl sites for hydroxylation is 1. The van der Waals surface area contributed by atoms with Crippen molar-refractivity contribution < 1.29 is 4.39 Å². The second kappa shape index (κ2) is 6.33. The molecule has 2 heteroatoms. The van der Waals surface area contributed by atoms with Gasteiger partial charge in [-0.05, 0) is 55.5 Å². The van der Waals surface area contributed by atoms with Gasteiger partial charge in [0, 0.05) is 6.04 Å². The average Bonchev–Trinajstić information content (AvgIpc) is 2.28. The predicted molar refractivity (Wildman–Crippen MR) is 74.1 cm³/mol. The zero-order valence-electron chi connectivity index (χ0n) is 11.5. The van der Waals surface area contributed by atoms with Crippen molar-refractivity contribution in [2.75, 3.05) is 6.54 Å². The molecule has 1 nitrogen and oxygen atoms in total. The topological polar surface area (TPSA) is 12.0 Å². The van der Waals surface area contributed by atoms with Gasteiger partial charge in [-0.2, -0.15) is 0 Å². The maximum Gasteiger partial charge on any atom is 0.123 e. The van der Waals surface area contributed by atoms with Crippen LogP contribution in [0.3, 0.4) is 0 Å². The summed E-state index contributed by atoms with van der Waals surface area (Å²) in [7, 11) is 0. The fourth-order valence-electron chi connectivity index (χ4n) is 2.73. The first-order valence-electron chi connectivity index (χ1n) is 7.20. The van der Waals surface area contributed by atoms with Crippen LogP contribution in [0.15, 0.2) is 18.2 Å².